The fourth-order valence-corrected chi connectivity index (χ4v) is 7.26. The molecule has 0 aliphatic heterocycles. The topological polar surface area (TPSA) is 155 Å². The van der Waals surface area contributed by atoms with Gasteiger partial charge in [0.25, 0.3) is 0 Å². The van der Waals surface area contributed by atoms with Crippen molar-refractivity contribution in [3.63, 3.8) is 0 Å². The summed E-state index contributed by atoms with van der Waals surface area (Å²) in [4.78, 5) is 48.1. The Kier molecular flexibility index (Phi) is 43.2. The lowest BCUT2D eigenvalue weighted by molar-refractivity contribution is -0.161. The number of aliphatic hydroxyl groups is 1. The molecule has 12 heteroatoms. The molecule has 0 aliphatic carbocycles. The van der Waals surface area contributed by atoms with E-state index >= 15 is 0 Å². The number of carbonyl (C=O) groups is 3. The minimum absolute atomic E-state index is 0.133. The van der Waals surface area contributed by atoms with Crippen LogP contribution in [-0.4, -0.2) is 66.5 Å². The van der Waals surface area contributed by atoms with Crippen LogP contribution in [0.15, 0.2) is 48.6 Å². The van der Waals surface area contributed by atoms with Gasteiger partial charge in [-0.15, -0.1) is 0 Å². The van der Waals surface area contributed by atoms with E-state index in [9.17, 15) is 28.9 Å². The second-order valence-electron chi connectivity index (χ2n) is 16.2. The fourth-order valence-electron chi connectivity index (χ4n) is 6.48. The number of carbonyl (C=O) groups excluding carboxylic acids is 3. The first-order valence-electron chi connectivity index (χ1n) is 24.5. The maximum Gasteiger partial charge on any atom is 0.472 e. The van der Waals surface area contributed by atoms with E-state index in [-0.39, 0.29) is 25.9 Å². The molecule has 0 saturated heterocycles. The van der Waals surface area contributed by atoms with Crippen molar-refractivity contribution < 1.29 is 52.2 Å². The van der Waals surface area contributed by atoms with Gasteiger partial charge in [0.15, 0.2) is 6.10 Å². The SMILES string of the molecule is CC/C=C\C/C=C\C/C=C\CCCCCC(=O)OC(COC(=O)CCCCCCCCCCC)COP(=O)(O)OCC(CO)OC(=O)CCCCCCC/C=C\CCCCCC. The van der Waals surface area contributed by atoms with Gasteiger partial charge < -0.3 is 24.2 Å². The molecule has 11 nitrogen and oxygen atoms in total. The van der Waals surface area contributed by atoms with E-state index in [1.165, 1.54) is 57.8 Å². The monoisotopic (exact) mass is 897 g/mol. The van der Waals surface area contributed by atoms with Gasteiger partial charge in [-0.05, 0) is 77.0 Å². The highest BCUT2D eigenvalue weighted by Crippen LogP contribution is 2.43. The molecule has 0 bridgehead atoms. The zero-order valence-electron chi connectivity index (χ0n) is 39.3. The number of aliphatic hydroxyl groups excluding tert-OH is 1. The minimum Gasteiger partial charge on any atom is -0.462 e. The minimum atomic E-state index is -4.74. The summed E-state index contributed by atoms with van der Waals surface area (Å²) in [5.41, 5.74) is 0. The van der Waals surface area contributed by atoms with Crippen molar-refractivity contribution in [2.75, 3.05) is 26.4 Å². The van der Waals surface area contributed by atoms with E-state index in [0.717, 1.165) is 96.3 Å². The van der Waals surface area contributed by atoms with Crippen LogP contribution in [-0.2, 0) is 42.2 Å². The molecule has 0 aliphatic rings. The smallest absolute Gasteiger partial charge is 0.462 e. The standard InChI is InChI=1S/C50H89O11P/c1-4-7-10-13-16-19-21-23-25-28-31-34-37-40-49(53)60-46(42-51)44-58-62(55,56)59-45-47(43-57-48(52)39-36-33-30-27-18-15-12-9-6-3)61-50(54)41-38-35-32-29-26-24-22-20-17-14-11-8-5-2/h8,11,17,19-21,24,26,46-47,51H,4-7,9-10,12-16,18,22-23,25,27-45H2,1-3H3,(H,55,56)/b11-8-,20-17-,21-19-,26-24-. The summed E-state index contributed by atoms with van der Waals surface area (Å²) in [5.74, 6) is -1.51. The zero-order valence-corrected chi connectivity index (χ0v) is 40.2. The second kappa shape index (κ2) is 45.0. The lowest BCUT2D eigenvalue weighted by atomic mass is 10.1. The van der Waals surface area contributed by atoms with Gasteiger partial charge in [0.05, 0.1) is 19.8 Å². The highest BCUT2D eigenvalue weighted by molar-refractivity contribution is 7.47. The maximum absolute atomic E-state index is 12.8. The quantitative estimate of drug-likeness (QED) is 0.0197. The van der Waals surface area contributed by atoms with Crippen LogP contribution in [0.4, 0.5) is 0 Å². The van der Waals surface area contributed by atoms with E-state index in [1.807, 2.05) is 0 Å². The van der Waals surface area contributed by atoms with Crippen molar-refractivity contribution in [1.29, 1.82) is 0 Å². The highest BCUT2D eigenvalue weighted by atomic mass is 31.2. The van der Waals surface area contributed by atoms with E-state index in [4.69, 9.17) is 23.3 Å². The second-order valence-corrected chi connectivity index (χ2v) is 17.7. The van der Waals surface area contributed by atoms with Gasteiger partial charge in [0.1, 0.15) is 12.7 Å². The number of phosphoric ester groups is 1. The molecule has 0 aromatic carbocycles. The highest BCUT2D eigenvalue weighted by Gasteiger charge is 2.28. The molecule has 0 aromatic heterocycles. The third kappa shape index (κ3) is 42.7. The van der Waals surface area contributed by atoms with Crippen molar-refractivity contribution in [1.82, 2.24) is 0 Å². The van der Waals surface area contributed by atoms with E-state index in [2.05, 4.69) is 69.4 Å². The first-order chi connectivity index (χ1) is 30.2. The molecule has 2 N–H and O–H groups in total. The predicted octanol–water partition coefficient (Wildman–Crippen LogP) is 13.5. The molecule has 0 rings (SSSR count). The molecular weight excluding hydrogens is 808 g/mol. The molecule has 0 spiro atoms. The van der Waals surface area contributed by atoms with Crippen LogP contribution in [0, 0.1) is 0 Å². The predicted molar refractivity (Wildman–Crippen MR) is 252 cm³/mol. The molecular formula is C50H89O11P. The van der Waals surface area contributed by atoms with Gasteiger partial charge in [-0.2, -0.15) is 0 Å². The number of phosphoric acid groups is 1. The van der Waals surface area contributed by atoms with Crippen LogP contribution in [0.3, 0.4) is 0 Å². The molecule has 62 heavy (non-hydrogen) atoms. The van der Waals surface area contributed by atoms with E-state index < -0.39 is 57.8 Å². The van der Waals surface area contributed by atoms with Gasteiger partial charge in [0, 0.05) is 19.3 Å². The Morgan fingerprint density at radius 3 is 1.34 bits per heavy atom. The van der Waals surface area contributed by atoms with Crippen molar-refractivity contribution >= 4 is 25.7 Å². The summed E-state index contributed by atoms with van der Waals surface area (Å²) in [6.45, 7) is 4.43. The third-order valence-electron chi connectivity index (χ3n) is 10.2. The molecule has 0 radical (unpaired) electrons. The lowest BCUT2D eigenvalue weighted by Gasteiger charge is -2.21. The molecule has 0 aromatic rings. The van der Waals surface area contributed by atoms with Gasteiger partial charge in [-0.1, -0.05) is 166 Å². The normalized spacial score (nSPS) is 14.0. The molecule has 3 atom stereocenters. The van der Waals surface area contributed by atoms with Crippen LogP contribution < -0.4 is 0 Å². The number of rotatable bonds is 45. The van der Waals surface area contributed by atoms with Crippen LogP contribution in [0.1, 0.15) is 213 Å². The Bertz CT molecular complexity index is 1230. The molecule has 0 amide bonds. The maximum atomic E-state index is 12.8. The van der Waals surface area contributed by atoms with Crippen LogP contribution in [0.2, 0.25) is 0 Å². The molecule has 360 valence electrons. The Morgan fingerprint density at radius 1 is 0.468 bits per heavy atom. The van der Waals surface area contributed by atoms with Crippen molar-refractivity contribution in [2.24, 2.45) is 0 Å². The van der Waals surface area contributed by atoms with E-state index in [1.54, 1.807) is 0 Å². The average Bonchev–Trinajstić information content (AvgIpc) is 3.25. The largest absolute Gasteiger partial charge is 0.472 e. The number of allylic oxidation sites excluding steroid dienone is 8. The van der Waals surface area contributed by atoms with Crippen molar-refractivity contribution in [3.8, 4) is 0 Å². The van der Waals surface area contributed by atoms with Crippen molar-refractivity contribution in [2.45, 2.75) is 226 Å². The molecule has 0 saturated carbocycles. The average molecular weight is 897 g/mol. The first-order valence-corrected chi connectivity index (χ1v) is 26.0. The molecule has 0 heterocycles. The summed E-state index contributed by atoms with van der Waals surface area (Å²) >= 11 is 0. The zero-order chi connectivity index (χ0) is 45.6. The Hall–Kier alpha value is -2.56. The van der Waals surface area contributed by atoms with E-state index in [0.29, 0.717) is 19.3 Å². The van der Waals surface area contributed by atoms with Gasteiger partial charge in [-0.25, -0.2) is 4.57 Å². The Morgan fingerprint density at radius 2 is 0.839 bits per heavy atom. The first kappa shape index (κ1) is 59.4. The summed E-state index contributed by atoms with van der Waals surface area (Å²) in [6.07, 6.45) is 43.8. The summed E-state index contributed by atoms with van der Waals surface area (Å²) in [7, 11) is -4.74. The Labute approximate surface area is 377 Å². The molecule has 3 unspecified atom stereocenters. The summed E-state index contributed by atoms with van der Waals surface area (Å²) in [6, 6.07) is 0. The fraction of sp³-hybridized carbons (Fsp3) is 0.780. The summed E-state index contributed by atoms with van der Waals surface area (Å²) in [5, 5.41) is 9.74. The Balaban J connectivity index is 4.75. The summed E-state index contributed by atoms with van der Waals surface area (Å²) < 4.78 is 39.2. The third-order valence-corrected chi connectivity index (χ3v) is 11.2. The number of esters is 3. The lowest BCUT2D eigenvalue weighted by Crippen LogP contribution is -2.30. The van der Waals surface area contributed by atoms with Crippen LogP contribution >= 0.6 is 7.82 Å². The number of hydrogen-bond acceptors (Lipinski definition) is 10. The number of hydrogen-bond donors (Lipinski definition) is 2. The van der Waals surface area contributed by atoms with Gasteiger partial charge >= 0.3 is 25.7 Å². The molecule has 0 fully saturated rings. The van der Waals surface area contributed by atoms with Crippen LogP contribution in [0.25, 0.3) is 0 Å². The van der Waals surface area contributed by atoms with Gasteiger partial charge in [0.2, 0.25) is 0 Å². The number of unbranched alkanes of at least 4 members (excludes halogenated alkanes) is 20. The van der Waals surface area contributed by atoms with Crippen molar-refractivity contribution in [3.05, 3.63) is 48.6 Å². The number of ether oxygens (including phenoxy) is 3. The van der Waals surface area contributed by atoms with Crippen LogP contribution in [0.5, 0.6) is 0 Å². The van der Waals surface area contributed by atoms with Gasteiger partial charge in [-0.3, -0.25) is 23.4 Å².